The van der Waals surface area contributed by atoms with E-state index >= 15 is 0 Å². The Morgan fingerprint density at radius 2 is 1.88 bits per heavy atom. The highest BCUT2D eigenvalue weighted by Gasteiger charge is 2.45. The van der Waals surface area contributed by atoms with E-state index in [1.807, 2.05) is 0 Å². The fraction of sp³-hybridized carbons (Fsp3) is 1.00. The van der Waals surface area contributed by atoms with Crippen molar-refractivity contribution in [1.82, 2.24) is 5.32 Å². The molecule has 2 nitrogen and oxygen atoms in total. The van der Waals surface area contributed by atoms with Gasteiger partial charge < -0.3 is 10.1 Å². The molecule has 0 bridgehead atoms. The van der Waals surface area contributed by atoms with E-state index < -0.39 is 0 Å². The number of ether oxygens (including phenoxy) is 1. The molecule has 0 aromatic rings. The molecule has 1 saturated carbocycles. The van der Waals surface area contributed by atoms with Crippen molar-refractivity contribution >= 4 is 0 Å². The molecule has 16 heavy (non-hydrogen) atoms. The van der Waals surface area contributed by atoms with Crippen molar-refractivity contribution in [3.05, 3.63) is 0 Å². The average Bonchev–Trinajstić information content (AvgIpc) is 2.88. The maximum absolute atomic E-state index is 6.08. The van der Waals surface area contributed by atoms with Gasteiger partial charge in [-0.05, 0) is 59.4 Å². The molecule has 1 saturated heterocycles. The van der Waals surface area contributed by atoms with Crippen molar-refractivity contribution in [1.29, 1.82) is 0 Å². The third-order valence-corrected chi connectivity index (χ3v) is 3.95. The number of hydrogen-bond donors (Lipinski definition) is 1. The zero-order chi connectivity index (χ0) is 11.8. The SMILES string of the molecule is CC1(C)CC(NCCCC2CC2)C(C)(C)O1. The van der Waals surface area contributed by atoms with Crippen LogP contribution in [0.1, 0.15) is 59.8 Å². The van der Waals surface area contributed by atoms with Gasteiger partial charge in [0.15, 0.2) is 0 Å². The first kappa shape index (κ1) is 12.4. The molecule has 2 rings (SSSR count). The summed E-state index contributed by atoms with van der Waals surface area (Å²) in [5, 5.41) is 3.69. The van der Waals surface area contributed by atoms with E-state index in [9.17, 15) is 0 Å². The lowest BCUT2D eigenvalue weighted by atomic mass is 9.94. The van der Waals surface area contributed by atoms with Crippen molar-refractivity contribution in [2.24, 2.45) is 5.92 Å². The van der Waals surface area contributed by atoms with Gasteiger partial charge in [0.2, 0.25) is 0 Å². The zero-order valence-electron chi connectivity index (χ0n) is 11.3. The summed E-state index contributed by atoms with van der Waals surface area (Å²) in [6.45, 7) is 9.96. The Bertz CT molecular complexity index is 243. The van der Waals surface area contributed by atoms with Crippen LogP contribution in [-0.4, -0.2) is 23.8 Å². The van der Waals surface area contributed by atoms with Gasteiger partial charge >= 0.3 is 0 Å². The molecule has 0 radical (unpaired) electrons. The van der Waals surface area contributed by atoms with Crippen molar-refractivity contribution in [2.75, 3.05) is 6.54 Å². The summed E-state index contributed by atoms with van der Waals surface area (Å²) in [5.74, 6) is 1.06. The highest BCUT2D eigenvalue weighted by Crippen LogP contribution is 2.37. The summed E-state index contributed by atoms with van der Waals surface area (Å²) in [5.41, 5.74) is 0.0285. The van der Waals surface area contributed by atoms with E-state index in [0.29, 0.717) is 6.04 Å². The monoisotopic (exact) mass is 225 g/mol. The highest BCUT2D eigenvalue weighted by molar-refractivity contribution is 4.98. The second-order valence-corrected chi connectivity index (χ2v) is 6.76. The van der Waals surface area contributed by atoms with Gasteiger partial charge in [0.1, 0.15) is 0 Å². The van der Waals surface area contributed by atoms with Crippen LogP contribution in [0.5, 0.6) is 0 Å². The fourth-order valence-corrected chi connectivity index (χ4v) is 2.95. The maximum atomic E-state index is 6.08. The van der Waals surface area contributed by atoms with Crippen LogP contribution in [0, 0.1) is 5.92 Å². The van der Waals surface area contributed by atoms with Crippen LogP contribution in [0.2, 0.25) is 0 Å². The Morgan fingerprint density at radius 1 is 1.19 bits per heavy atom. The first-order valence-electron chi connectivity index (χ1n) is 6.83. The van der Waals surface area contributed by atoms with Gasteiger partial charge in [-0.3, -0.25) is 0 Å². The third-order valence-electron chi connectivity index (χ3n) is 3.95. The maximum Gasteiger partial charge on any atom is 0.0787 e. The van der Waals surface area contributed by atoms with Crippen molar-refractivity contribution in [2.45, 2.75) is 77.0 Å². The molecule has 2 heteroatoms. The van der Waals surface area contributed by atoms with E-state index in [1.165, 1.54) is 25.7 Å². The predicted octanol–water partition coefficient (Wildman–Crippen LogP) is 3.11. The van der Waals surface area contributed by atoms with Crippen LogP contribution in [-0.2, 0) is 4.74 Å². The average molecular weight is 225 g/mol. The molecule has 0 aromatic carbocycles. The second kappa shape index (κ2) is 4.30. The summed E-state index contributed by atoms with van der Waals surface area (Å²) in [6, 6.07) is 0.515. The number of nitrogens with one attached hydrogen (secondary N) is 1. The van der Waals surface area contributed by atoms with Crippen LogP contribution in [0.25, 0.3) is 0 Å². The molecule has 1 aliphatic carbocycles. The largest absolute Gasteiger partial charge is 0.368 e. The summed E-state index contributed by atoms with van der Waals surface area (Å²) in [4.78, 5) is 0. The zero-order valence-corrected chi connectivity index (χ0v) is 11.3. The van der Waals surface area contributed by atoms with Gasteiger partial charge in [-0.15, -0.1) is 0 Å². The Labute approximate surface area is 100 Å². The first-order chi connectivity index (χ1) is 7.39. The van der Waals surface area contributed by atoms with E-state index in [4.69, 9.17) is 4.74 Å². The first-order valence-corrected chi connectivity index (χ1v) is 6.83. The van der Waals surface area contributed by atoms with Gasteiger partial charge in [-0.25, -0.2) is 0 Å². The topological polar surface area (TPSA) is 21.3 Å². The van der Waals surface area contributed by atoms with Gasteiger partial charge in [0, 0.05) is 6.04 Å². The van der Waals surface area contributed by atoms with E-state index in [0.717, 1.165) is 18.9 Å². The number of rotatable bonds is 5. The van der Waals surface area contributed by atoms with Gasteiger partial charge in [-0.2, -0.15) is 0 Å². The molecule has 1 heterocycles. The van der Waals surface area contributed by atoms with E-state index in [-0.39, 0.29) is 11.2 Å². The molecule has 0 amide bonds. The molecule has 1 unspecified atom stereocenters. The summed E-state index contributed by atoms with van der Waals surface area (Å²) >= 11 is 0. The predicted molar refractivity (Wildman–Crippen MR) is 67.6 cm³/mol. The summed E-state index contributed by atoms with van der Waals surface area (Å²) in [7, 11) is 0. The Kier molecular flexibility index (Phi) is 3.33. The molecule has 1 N–H and O–H groups in total. The molecule has 1 atom stereocenters. The van der Waals surface area contributed by atoms with Crippen LogP contribution in [0.4, 0.5) is 0 Å². The Morgan fingerprint density at radius 3 is 2.38 bits per heavy atom. The Hall–Kier alpha value is -0.0800. The normalized spacial score (nSPS) is 31.9. The van der Waals surface area contributed by atoms with Gasteiger partial charge in [0.25, 0.3) is 0 Å². The summed E-state index contributed by atoms with van der Waals surface area (Å²) in [6.07, 6.45) is 6.83. The van der Waals surface area contributed by atoms with Crippen LogP contribution < -0.4 is 5.32 Å². The second-order valence-electron chi connectivity index (χ2n) is 6.76. The lowest BCUT2D eigenvalue weighted by molar-refractivity contribution is -0.0697. The minimum absolute atomic E-state index is 0.0108. The molecule has 2 aliphatic rings. The molecule has 0 aromatic heterocycles. The summed E-state index contributed by atoms with van der Waals surface area (Å²) < 4.78 is 6.08. The van der Waals surface area contributed by atoms with Crippen molar-refractivity contribution in [3.63, 3.8) is 0 Å². The smallest absolute Gasteiger partial charge is 0.0787 e. The van der Waals surface area contributed by atoms with Crippen molar-refractivity contribution in [3.8, 4) is 0 Å². The van der Waals surface area contributed by atoms with Crippen molar-refractivity contribution < 1.29 is 4.74 Å². The molecular weight excluding hydrogens is 198 g/mol. The standard InChI is InChI=1S/C14H27NO/c1-13(2)10-12(14(3,4)16-13)15-9-5-6-11-7-8-11/h11-12,15H,5-10H2,1-4H3. The molecule has 0 spiro atoms. The van der Waals surface area contributed by atoms with Crippen LogP contribution in [0.15, 0.2) is 0 Å². The number of hydrogen-bond acceptors (Lipinski definition) is 2. The minimum Gasteiger partial charge on any atom is -0.368 e. The van der Waals surface area contributed by atoms with Crippen LogP contribution in [0.3, 0.4) is 0 Å². The molecule has 2 fully saturated rings. The van der Waals surface area contributed by atoms with E-state index in [2.05, 4.69) is 33.0 Å². The fourth-order valence-electron chi connectivity index (χ4n) is 2.95. The van der Waals surface area contributed by atoms with Crippen LogP contribution >= 0.6 is 0 Å². The minimum atomic E-state index is -0.0108. The molecule has 94 valence electrons. The highest BCUT2D eigenvalue weighted by atomic mass is 16.5. The van der Waals surface area contributed by atoms with Gasteiger partial charge in [0.05, 0.1) is 11.2 Å². The lowest BCUT2D eigenvalue weighted by Gasteiger charge is -2.27. The lowest BCUT2D eigenvalue weighted by Crippen LogP contribution is -2.43. The Balaban J connectivity index is 1.71. The van der Waals surface area contributed by atoms with Gasteiger partial charge in [-0.1, -0.05) is 12.8 Å². The third kappa shape index (κ3) is 3.21. The molecule has 1 aliphatic heterocycles. The quantitative estimate of drug-likeness (QED) is 0.726. The van der Waals surface area contributed by atoms with E-state index in [1.54, 1.807) is 0 Å². The molecular formula is C14H27NO.